The molecule has 1 aliphatic rings. The van der Waals surface area contributed by atoms with E-state index in [0.29, 0.717) is 6.61 Å². The summed E-state index contributed by atoms with van der Waals surface area (Å²) in [5.74, 6) is 0. The largest absolute Gasteiger partial charge is 0.396 e. The Labute approximate surface area is 49.5 Å². The molecule has 45 valence electrons. The molecule has 1 saturated carbocycles. The zero-order valence-corrected chi connectivity index (χ0v) is 5.05. The van der Waals surface area contributed by atoms with E-state index in [2.05, 4.69) is 11.6 Å². The van der Waals surface area contributed by atoms with Crippen LogP contribution < -0.4 is 0 Å². The first-order chi connectivity index (χ1) is 3.93. The number of nitrogens with zero attached hydrogens (tertiary/aromatic N) is 1. The van der Waals surface area contributed by atoms with Crippen LogP contribution in [0.1, 0.15) is 19.8 Å². The van der Waals surface area contributed by atoms with Crippen LogP contribution in [0.2, 0.25) is 0 Å². The molecule has 0 N–H and O–H groups in total. The molecular formula is C6H10NO. The molecule has 1 aliphatic carbocycles. The monoisotopic (exact) mass is 112 g/mol. The van der Waals surface area contributed by atoms with E-state index in [1.807, 2.05) is 6.92 Å². The maximum Gasteiger partial charge on any atom is 0.114 e. The Morgan fingerprint density at radius 3 is 2.88 bits per heavy atom. The maximum absolute atomic E-state index is 4.81. The molecule has 0 aromatic rings. The molecule has 8 heavy (non-hydrogen) atoms. The SMILES string of the molecule is CCON=C1C[CH]C1. The third-order valence-electron chi connectivity index (χ3n) is 1.08. The van der Waals surface area contributed by atoms with Crippen molar-refractivity contribution < 1.29 is 4.84 Å². The van der Waals surface area contributed by atoms with Crippen LogP contribution in [0.3, 0.4) is 0 Å². The topological polar surface area (TPSA) is 21.6 Å². The highest BCUT2D eigenvalue weighted by Crippen LogP contribution is 2.12. The average Bonchev–Trinajstić information content (AvgIpc) is 1.63. The molecule has 2 heteroatoms. The van der Waals surface area contributed by atoms with Gasteiger partial charge in [-0.2, -0.15) is 0 Å². The zero-order chi connectivity index (χ0) is 5.82. The van der Waals surface area contributed by atoms with Crippen molar-refractivity contribution >= 4 is 5.71 Å². The van der Waals surface area contributed by atoms with E-state index in [9.17, 15) is 0 Å². The molecule has 0 atom stereocenters. The van der Waals surface area contributed by atoms with Gasteiger partial charge in [0.1, 0.15) is 6.61 Å². The van der Waals surface area contributed by atoms with Crippen LogP contribution in [-0.4, -0.2) is 12.3 Å². The predicted octanol–water partition coefficient (Wildman–Crippen LogP) is 1.38. The van der Waals surface area contributed by atoms with Gasteiger partial charge in [-0.25, -0.2) is 0 Å². The molecule has 0 unspecified atom stereocenters. The van der Waals surface area contributed by atoms with E-state index in [1.54, 1.807) is 0 Å². The highest BCUT2D eigenvalue weighted by atomic mass is 16.6. The second kappa shape index (κ2) is 2.70. The molecule has 0 aromatic heterocycles. The number of rotatable bonds is 2. The first-order valence-electron chi connectivity index (χ1n) is 2.93. The minimum absolute atomic E-state index is 0.684. The van der Waals surface area contributed by atoms with Crippen LogP contribution in [0, 0.1) is 6.42 Å². The molecule has 1 rings (SSSR count). The Bertz CT molecular complexity index is 92.7. The summed E-state index contributed by atoms with van der Waals surface area (Å²) in [4.78, 5) is 4.81. The van der Waals surface area contributed by atoms with Gasteiger partial charge in [-0.3, -0.25) is 0 Å². The van der Waals surface area contributed by atoms with Crippen LogP contribution in [0.15, 0.2) is 5.16 Å². The fraction of sp³-hybridized carbons (Fsp3) is 0.667. The fourth-order valence-electron chi connectivity index (χ4n) is 0.504. The van der Waals surface area contributed by atoms with Crippen LogP contribution >= 0.6 is 0 Å². The fourth-order valence-corrected chi connectivity index (χ4v) is 0.504. The first kappa shape index (κ1) is 5.60. The van der Waals surface area contributed by atoms with Gasteiger partial charge in [-0.05, 0) is 26.2 Å². The number of hydrogen-bond donors (Lipinski definition) is 0. The van der Waals surface area contributed by atoms with Crippen molar-refractivity contribution in [2.75, 3.05) is 6.61 Å². The van der Waals surface area contributed by atoms with E-state index in [0.717, 1.165) is 12.8 Å². The summed E-state index contributed by atoms with van der Waals surface area (Å²) in [7, 11) is 0. The lowest BCUT2D eigenvalue weighted by Gasteiger charge is -2.11. The minimum Gasteiger partial charge on any atom is -0.396 e. The third kappa shape index (κ3) is 1.22. The number of oxime groups is 1. The van der Waals surface area contributed by atoms with Crippen molar-refractivity contribution in [2.45, 2.75) is 19.8 Å². The Morgan fingerprint density at radius 1 is 1.75 bits per heavy atom. The van der Waals surface area contributed by atoms with Crippen LogP contribution in [-0.2, 0) is 4.84 Å². The molecule has 0 aromatic carbocycles. The molecule has 0 saturated heterocycles. The lowest BCUT2D eigenvalue weighted by molar-refractivity contribution is 0.157. The molecule has 0 heterocycles. The molecule has 2 nitrogen and oxygen atoms in total. The smallest absolute Gasteiger partial charge is 0.114 e. The zero-order valence-electron chi connectivity index (χ0n) is 5.05. The van der Waals surface area contributed by atoms with Gasteiger partial charge in [0.25, 0.3) is 0 Å². The Hall–Kier alpha value is -0.530. The molecule has 0 aliphatic heterocycles. The average molecular weight is 112 g/mol. The van der Waals surface area contributed by atoms with Gasteiger partial charge >= 0.3 is 0 Å². The maximum atomic E-state index is 4.81. The van der Waals surface area contributed by atoms with E-state index < -0.39 is 0 Å². The second-order valence-corrected chi connectivity index (χ2v) is 1.77. The third-order valence-corrected chi connectivity index (χ3v) is 1.08. The Kier molecular flexibility index (Phi) is 1.89. The summed E-state index contributed by atoms with van der Waals surface area (Å²) >= 11 is 0. The van der Waals surface area contributed by atoms with Gasteiger partial charge in [-0.15, -0.1) is 0 Å². The van der Waals surface area contributed by atoms with E-state index >= 15 is 0 Å². The minimum atomic E-state index is 0.684. The van der Waals surface area contributed by atoms with Gasteiger partial charge in [-0.1, -0.05) is 5.16 Å². The van der Waals surface area contributed by atoms with Gasteiger partial charge in [0.15, 0.2) is 0 Å². The van der Waals surface area contributed by atoms with Crippen molar-refractivity contribution in [3.8, 4) is 0 Å². The van der Waals surface area contributed by atoms with Crippen molar-refractivity contribution in [1.29, 1.82) is 0 Å². The number of hydrogen-bond acceptors (Lipinski definition) is 2. The second-order valence-electron chi connectivity index (χ2n) is 1.77. The molecule has 0 spiro atoms. The molecule has 1 fully saturated rings. The Morgan fingerprint density at radius 2 is 2.50 bits per heavy atom. The molecular weight excluding hydrogens is 102 g/mol. The molecule has 0 bridgehead atoms. The van der Waals surface area contributed by atoms with Crippen molar-refractivity contribution in [1.82, 2.24) is 0 Å². The lowest BCUT2D eigenvalue weighted by atomic mass is 9.98. The van der Waals surface area contributed by atoms with E-state index in [-0.39, 0.29) is 0 Å². The summed E-state index contributed by atoms with van der Waals surface area (Å²) in [5, 5.41) is 3.83. The molecule has 1 radical (unpaired) electrons. The summed E-state index contributed by atoms with van der Waals surface area (Å²) in [6.45, 7) is 2.62. The van der Waals surface area contributed by atoms with Crippen molar-refractivity contribution in [2.24, 2.45) is 5.16 Å². The lowest BCUT2D eigenvalue weighted by Crippen LogP contribution is -2.10. The summed E-state index contributed by atoms with van der Waals surface area (Å²) in [6.07, 6.45) is 4.23. The standard InChI is InChI=1S/C6H10NO/c1-2-8-7-6-4-3-5-6/h3H,2,4-5H2,1H3. The van der Waals surface area contributed by atoms with E-state index in [4.69, 9.17) is 4.84 Å². The first-order valence-corrected chi connectivity index (χ1v) is 2.93. The van der Waals surface area contributed by atoms with Gasteiger partial charge < -0.3 is 4.84 Å². The highest BCUT2D eigenvalue weighted by Gasteiger charge is 2.09. The van der Waals surface area contributed by atoms with Crippen molar-refractivity contribution in [3.63, 3.8) is 0 Å². The summed E-state index contributed by atoms with van der Waals surface area (Å²) < 4.78 is 0. The Balaban J connectivity index is 2.11. The van der Waals surface area contributed by atoms with Gasteiger partial charge in [0, 0.05) is 0 Å². The summed E-state index contributed by atoms with van der Waals surface area (Å²) in [6, 6.07) is 0. The highest BCUT2D eigenvalue weighted by molar-refractivity contribution is 5.91. The van der Waals surface area contributed by atoms with Crippen molar-refractivity contribution in [3.05, 3.63) is 6.42 Å². The van der Waals surface area contributed by atoms with Crippen LogP contribution in [0.4, 0.5) is 0 Å². The normalized spacial score (nSPS) is 17.4. The predicted molar refractivity (Wildman–Crippen MR) is 32.6 cm³/mol. The summed E-state index contributed by atoms with van der Waals surface area (Å²) in [5.41, 5.74) is 1.17. The quantitative estimate of drug-likeness (QED) is 0.494. The van der Waals surface area contributed by atoms with Crippen LogP contribution in [0.5, 0.6) is 0 Å². The van der Waals surface area contributed by atoms with Gasteiger partial charge in [0.05, 0.1) is 5.71 Å². The molecule has 0 amide bonds. The van der Waals surface area contributed by atoms with E-state index in [1.165, 1.54) is 5.71 Å². The van der Waals surface area contributed by atoms with Gasteiger partial charge in [0.2, 0.25) is 0 Å². The van der Waals surface area contributed by atoms with Crippen LogP contribution in [0.25, 0.3) is 0 Å².